The lowest BCUT2D eigenvalue weighted by Crippen LogP contribution is -1.95. The molecule has 82 valence electrons. The van der Waals surface area contributed by atoms with Crippen LogP contribution in [0.3, 0.4) is 0 Å². The Morgan fingerprint density at radius 1 is 0.929 bits per heavy atom. The van der Waals surface area contributed by atoms with Gasteiger partial charge in [-0.15, -0.1) is 0 Å². The summed E-state index contributed by atoms with van der Waals surface area (Å²) in [4.78, 5) is 0. The minimum absolute atomic E-state index is 0.719. The number of nitrogens with one attached hydrogen (secondary N) is 1. The molecule has 0 saturated carbocycles. The first kappa shape index (κ1) is 13.4. The van der Waals surface area contributed by atoms with Crippen LogP contribution in [0.25, 0.3) is 0 Å². The molecule has 0 saturated heterocycles. The van der Waals surface area contributed by atoms with Crippen LogP contribution in [0.1, 0.15) is 66.2 Å². The van der Waals surface area contributed by atoms with Crippen LogP contribution < -0.4 is 0 Å². The molecule has 0 fully saturated rings. The van der Waals surface area contributed by atoms with Crippen LogP contribution in [0.15, 0.2) is 11.1 Å². The first-order valence-corrected chi connectivity index (χ1v) is 5.81. The van der Waals surface area contributed by atoms with Gasteiger partial charge >= 0.3 is 0 Å². The Hall–Kier alpha value is -0.590. The molecule has 0 aliphatic rings. The lowest BCUT2D eigenvalue weighted by atomic mass is 10.0. The van der Waals surface area contributed by atoms with Crippen molar-refractivity contribution in [2.45, 2.75) is 66.2 Å². The van der Waals surface area contributed by atoms with Gasteiger partial charge in [0.05, 0.1) is 0 Å². The maximum Gasteiger partial charge on any atom is 0.0311 e. The molecule has 14 heavy (non-hydrogen) atoms. The molecule has 0 radical (unpaired) electrons. The van der Waals surface area contributed by atoms with E-state index >= 15 is 0 Å². The van der Waals surface area contributed by atoms with Crippen molar-refractivity contribution in [3.05, 3.63) is 11.1 Å². The van der Waals surface area contributed by atoms with Crippen molar-refractivity contribution in [3.8, 4) is 0 Å². The summed E-state index contributed by atoms with van der Waals surface area (Å²) in [6, 6.07) is 0. The Bertz CT molecular complexity index is 201. The Kier molecular flexibility index (Phi) is 7.45. The molecule has 0 atom stereocenters. The molecule has 0 heterocycles. The molecule has 0 rings (SSSR count). The molecule has 0 unspecified atom stereocenters. The van der Waals surface area contributed by atoms with E-state index in [4.69, 9.17) is 5.41 Å². The highest BCUT2D eigenvalue weighted by molar-refractivity contribution is 5.95. The fraction of sp³-hybridized carbons (Fsp3) is 0.769. The average Bonchev–Trinajstić information content (AvgIpc) is 2.16. The van der Waals surface area contributed by atoms with Crippen molar-refractivity contribution >= 4 is 5.71 Å². The lowest BCUT2D eigenvalue weighted by Gasteiger charge is -2.06. The van der Waals surface area contributed by atoms with E-state index in [9.17, 15) is 0 Å². The van der Waals surface area contributed by atoms with Crippen LogP contribution in [-0.2, 0) is 0 Å². The van der Waals surface area contributed by atoms with Gasteiger partial charge in [0.1, 0.15) is 0 Å². The number of hydrogen-bond donors (Lipinski definition) is 1. The van der Waals surface area contributed by atoms with Gasteiger partial charge in [-0.3, -0.25) is 0 Å². The lowest BCUT2D eigenvalue weighted by molar-refractivity contribution is 0.630. The standard InChI is InChI=1S/C13H25N/c1-5-6-7-8-9-10-11(2)12(3)13(4)14/h14H,5-10H2,1-4H3/b12-11-,14-13?. The molecule has 0 aromatic rings. The van der Waals surface area contributed by atoms with E-state index in [0.29, 0.717) is 0 Å². The van der Waals surface area contributed by atoms with Crippen LogP contribution >= 0.6 is 0 Å². The second-order valence-electron chi connectivity index (χ2n) is 4.19. The van der Waals surface area contributed by atoms with E-state index in [1.807, 2.05) is 6.92 Å². The van der Waals surface area contributed by atoms with Crippen molar-refractivity contribution in [2.24, 2.45) is 0 Å². The predicted octanol–water partition coefficient (Wildman–Crippen LogP) is 4.72. The van der Waals surface area contributed by atoms with Gasteiger partial charge < -0.3 is 5.41 Å². The van der Waals surface area contributed by atoms with Crippen LogP contribution in [0.2, 0.25) is 0 Å². The summed E-state index contributed by atoms with van der Waals surface area (Å²) in [5.74, 6) is 0. The third-order valence-electron chi connectivity index (χ3n) is 2.86. The van der Waals surface area contributed by atoms with Gasteiger partial charge in [-0.05, 0) is 39.2 Å². The molecule has 0 aliphatic carbocycles. The number of rotatable bonds is 7. The van der Waals surface area contributed by atoms with Crippen LogP contribution in [0, 0.1) is 5.41 Å². The van der Waals surface area contributed by atoms with E-state index in [0.717, 1.165) is 5.71 Å². The zero-order chi connectivity index (χ0) is 11.0. The summed E-state index contributed by atoms with van der Waals surface area (Å²) in [6.07, 6.45) is 7.85. The van der Waals surface area contributed by atoms with Crippen molar-refractivity contribution in [2.75, 3.05) is 0 Å². The summed E-state index contributed by atoms with van der Waals surface area (Å²) in [7, 11) is 0. The highest BCUT2D eigenvalue weighted by Crippen LogP contribution is 2.14. The molecule has 0 aromatic heterocycles. The highest BCUT2D eigenvalue weighted by atomic mass is 14.4. The first-order chi connectivity index (χ1) is 6.59. The topological polar surface area (TPSA) is 23.9 Å². The summed E-state index contributed by atoms with van der Waals surface area (Å²) in [6.45, 7) is 8.33. The van der Waals surface area contributed by atoms with Crippen LogP contribution in [0.5, 0.6) is 0 Å². The molecular formula is C13H25N. The molecular weight excluding hydrogens is 170 g/mol. The maximum absolute atomic E-state index is 7.52. The normalized spacial score (nSPS) is 12.6. The fourth-order valence-corrected chi connectivity index (χ4v) is 1.50. The Morgan fingerprint density at radius 3 is 2.00 bits per heavy atom. The summed E-state index contributed by atoms with van der Waals surface area (Å²) < 4.78 is 0. The first-order valence-electron chi connectivity index (χ1n) is 5.81. The molecule has 0 bridgehead atoms. The highest BCUT2D eigenvalue weighted by Gasteiger charge is 1.98. The minimum atomic E-state index is 0.719. The summed E-state index contributed by atoms with van der Waals surface area (Å²) in [5.41, 5.74) is 3.30. The largest absolute Gasteiger partial charge is 0.305 e. The number of hydrogen-bond acceptors (Lipinski definition) is 1. The molecule has 0 aliphatic heterocycles. The predicted molar refractivity (Wildman–Crippen MR) is 65.2 cm³/mol. The quantitative estimate of drug-likeness (QED) is 0.449. The van der Waals surface area contributed by atoms with Crippen molar-refractivity contribution < 1.29 is 0 Å². The van der Waals surface area contributed by atoms with E-state index in [1.54, 1.807) is 0 Å². The monoisotopic (exact) mass is 195 g/mol. The van der Waals surface area contributed by atoms with Gasteiger partial charge in [-0.25, -0.2) is 0 Å². The molecule has 1 N–H and O–H groups in total. The second kappa shape index (κ2) is 7.78. The van der Waals surface area contributed by atoms with Gasteiger partial charge in [0.15, 0.2) is 0 Å². The van der Waals surface area contributed by atoms with Crippen molar-refractivity contribution in [1.82, 2.24) is 0 Å². The number of allylic oxidation sites excluding steroid dienone is 2. The number of unbranched alkanes of at least 4 members (excludes halogenated alkanes) is 4. The van der Waals surface area contributed by atoms with Crippen molar-refractivity contribution in [1.29, 1.82) is 5.41 Å². The smallest absolute Gasteiger partial charge is 0.0311 e. The van der Waals surface area contributed by atoms with E-state index in [-0.39, 0.29) is 0 Å². The van der Waals surface area contributed by atoms with Gasteiger partial charge in [-0.2, -0.15) is 0 Å². The van der Waals surface area contributed by atoms with E-state index in [2.05, 4.69) is 20.8 Å². The summed E-state index contributed by atoms with van der Waals surface area (Å²) >= 11 is 0. The molecule has 1 nitrogen and oxygen atoms in total. The third-order valence-corrected chi connectivity index (χ3v) is 2.86. The van der Waals surface area contributed by atoms with Crippen LogP contribution in [-0.4, -0.2) is 5.71 Å². The van der Waals surface area contributed by atoms with Gasteiger partial charge in [0.25, 0.3) is 0 Å². The summed E-state index contributed by atoms with van der Waals surface area (Å²) in [5, 5.41) is 7.52. The van der Waals surface area contributed by atoms with Crippen molar-refractivity contribution in [3.63, 3.8) is 0 Å². The SMILES string of the molecule is CCCCCCC/C(C)=C(/C)C(C)=N. The fourth-order valence-electron chi connectivity index (χ4n) is 1.50. The second-order valence-corrected chi connectivity index (χ2v) is 4.19. The van der Waals surface area contributed by atoms with E-state index < -0.39 is 0 Å². The molecule has 0 amide bonds. The zero-order valence-electron chi connectivity index (χ0n) is 10.2. The molecule has 1 heteroatoms. The Balaban J connectivity index is 3.68. The zero-order valence-corrected chi connectivity index (χ0v) is 10.2. The minimum Gasteiger partial charge on any atom is -0.305 e. The van der Waals surface area contributed by atoms with E-state index in [1.165, 1.54) is 49.7 Å². The van der Waals surface area contributed by atoms with Gasteiger partial charge in [-0.1, -0.05) is 38.2 Å². The van der Waals surface area contributed by atoms with Crippen LogP contribution in [0.4, 0.5) is 0 Å². The molecule has 0 spiro atoms. The van der Waals surface area contributed by atoms with Gasteiger partial charge in [0, 0.05) is 5.71 Å². The third kappa shape index (κ3) is 5.95. The Morgan fingerprint density at radius 2 is 1.50 bits per heavy atom. The maximum atomic E-state index is 7.52. The van der Waals surface area contributed by atoms with Gasteiger partial charge in [0.2, 0.25) is 0 Å². The Labute approximate surface area is 89.1 Å². The molecule has 0 aromatic carbocycles. The average molecular weight is 195 g/mol.